The molecule has 0 aliphatic heterocycles. The van der Waals surface area contributed by atoms with E-state index in [1.807, 2.05) is 25.1 Å². The van der Waals surface area contributed by atoms with Gasteiger partial charge in [0.1, 0.15) is 6.10 Å². The molecule has 3 N–H and O–H groups in total. The quantitative estimate of drug-likeness (QED) is 0.902. The van der Waals surface area contributed by atoms with E-state index in [-0.39, 0.29) is 12.4 Å². The predicted octanol–water partition coefficient (Wildman–Crippen LogP) is 1.80. The first-order valence-electron chi connectivity index (χ1n) is 5.10. The zero-order valence-electron chi connectivity index (χ0n) is 9.22. The van der Waals surface area contributed by atoms with Gasteiger partial charge in [0.2, 0.25) is 5.82 Å². The second kappa shape index (κ2) is 4.95. The van der Waals surface area contributed by atoms with Crippen molar-refractivity contribution >= 4 is 15.9 Å². The van der Waals surface area contributed by atoms with Crippen molar-refractivity contribution in [3.05, 3.63) is 34.1 Å². The summed E-state index contributed by atoms with van der Waals surface area (Å²) < 4.78 is 5.83. The Labute approximate surface area is 107 Å². The molecule has 1 aromatic carbocycles. The second-order valence-electron chi connectivity index (χ2n) is 3.69. The summed E-state index contributed by atoms with van der Waals surface area (Å²) in [6, 6.07) is 5.81. The van der Waals surface area contributed by atoms with E-state index in [2.05, 4.69) is 26.1 Å². The van der Waals surface area contributed by atoms with Crippen molar-refractivity contribution in [1.29, 1.82) is 0 Å². The normalized spacial score (nSPS) is 12.7. The first-order chi connectivity index (χ1) is 8.11. The van der Waals surface area contributed by atoms with Gasteiger partial charge in [0.05, 0.1) is 0 Å². The summed E-state index contributed by atoms with van der Waals surface area (Å²) in [5, 5.41) is 13.3. The van der Waals surface area contributed by atoms with Crippen LogP contribution in [0.15, 0.2) is 27.2 Å². The molecule has 0 saturated heterocycles. The van der Waals surface area contributed by atoms with Crippen molar-refractivity contribution in [2.24, 2.45) is 5.73 Å². The SMILES string of the molecule is Cc1ccc(-c2noc(C(O)CN)n2)c(Br)c1. The van der Waals surface area contributed by atoms with Crippen LogP contribution in [-0.4, -0.2) is 21.8 Å². The number of aliphatic hydroxyl groups is 1. The summed E-state index contributed by atoms with van der Waals surface area (Å²) in [5.41, 5.74) is 7.26. The Kier molecular flexibility index (Phi) is 3.56. The summed E-state index contributed by atoms with van der Waals surface area (Å²) in [5.74, 6) is 0.564. The number of nitrogens with zero attached hydrogens (tertiary/aromatic N) is 2. The molecule has 0 spiro atoms. The molecule has 1 unspecified atom stereocenters. The third kappa shape index (κ3) is 2.54. The van der Waals surface area contributed by atoms with E-state index in [0.29, 0.717) is 5.82 Å². The van der Waals surface area contributed by atoms with Gasteiger partial charge < -0.3 is 15.4 Å². The first kappa shape index (κ1) is 12.2. The lowest BCUT2D eigenvalue weighted by Crippen LogP contribution is -2.11. The topological polar surface area (TPSA) is 85.2 Å². The molecule has 0 aliphatic carbocycles. The molecule has 1 atom stereocenters. The minimum atomic E-state index is -0.916. The van der Waals surface area contributed by atoms with Crippen LogP contribution in [0, 0.1) is 6.92 Å². The van der Waals surface area contributed by atoms with E-state index < -0.39 is 6.10 Å². The van der Waals surface area contributed by atoms with E-state index in [1.54, 1.807) is 0 Å². The van der Waals surface area contributed by atoms with Gasteiger partial charge >= 0.3 is 0 Å². The third-order valence-electron chi connectivity index (χ3n) is 2.32. The molecule has 0 amide bonds. The zero-order valence-corrected chi connectivity index (χ0v) is 10.8. The fraction of sp³-hybridized carbons (Fsp3) is 0.273. The summed E-state index contributed by atoms with van der Waals surface area (Å²) in [7, 11) is 0. The van der Waals surface area contributed by atoms with Crippen LogP contribution in [0.3, 0.4) is 0 Å². The van der Waals surface area contributed by atoms with Gasteiger partial charge in [-0.2, -0.15) is 4.98 Å². The Morgan fingerprint density at radius 3 is 2.94 bits per heavy atom. The van der Waals surface area contributed by atoms with Crippen molar-refractivity contribution < 1.29 is 9.63 Å². The highest BCUT2D eigenvalue weighted by Crippen LogP contribution is 2.27. The minimum Gasteiger partial charge on any atom is -0.382 e. The second-order valence-corrected chi connectivity index (χ2v) is 4.55. The monoisotopic (exact) mass is 297 g/mol. The van der Waals surface area contributed by atoms with Crippen LogP contribution in [-0.2, 0) is 0 Å². The van der Waals surface area contributed by atoms with Gasteiger partial charge in [0, 0.05) is 16.6 Å². The van der Waals surface area contributed by atoms with E-state index in [9.17, 15) is 5.11 Å². The van der Waals surface area contributed by atoms with Crippen molar-refractivity contribution in [2.75, 3.05) is 6.54 Å². The van der Waals surface area contributed by atoms with Crippen LogP contribution in [0.2, 0.25) is 0 Å². The number of rotatable bonds is 3. The van der Waals surface area contributed by atoms with Crippen molar-refractivity contribution in [3.63, 3.8) is 0 Å². The summed E-state index contributed by atoms with van der Waals surface area (Å²) >= 11 is 3.44. The lowest BCUT2D eigenvalue weighted by atomic mass is 10.1. The Morgan fingerprint density at radius 2 is 2.29 bits per heavy atom. The number of hydrogen-bond donors (Lipinski definition) is 2. The highest BCUT2D eigenvalue weighted by molar-refractivity contribution is 9.10. The van der Waals surface area contributed by atoms with Crippen LogP contribution in [0.25, 0.3) is 11.4 Å². The maximum atomic E-state index is 9.47. The van der Waals surface area contributed by atoms with E-state index in [1.165, 1.54) is 0 Å². The molecule has 0 radical (unpaired) electrons. The van der Waals surface area contributed by atoms with Gasteiger partial charge in [-0.15, -0.1) is 0 Å². The third-order valence-corrected chi connectivity index (χ3v) is 2.97. The molecular formula is C11H12BrN3O2. The van der Waals surface area contributed by atoms with Crippen LogP contribution in [0.1, 0.15) is 17.6 Å². The molecular weight excluding hydrogens is 286 g/mol. The number of nitrogens with two attached hydrogens (primary N) is 1. The number of halogens is 1. The molecule has 90 valence electrons. The Bertz CT molecular complexity index is 527. The summed E-state index contributed by atoms with van der Waals surface area (Å²) in [4.78, 5) is 4.10. The van der Waals surface area contributed by atoms with Gasteiger partial charge in [-0.05, 0) is 24.6 Å². The van der Waals surface area contributed by atoms with Crippen LogP contribution < -0.4 is 5.73 Å². The highest BCUT2D eigenvalue weighted by Gasteiger charge is 2.16. The Morgan fingerprint density at radius 1 is 1.53 bits per heavy atom. The van der Waals surface area contributed by atoms with Gasteiger partial charge in [-0.1, -0.05) is 27.2 Å². The largest absolute Gasteiger partial charge is 0.382 e. The van der Waals surface area contributed by atoms with Crippen LogP contribution in [0.5, 0.6) is 0 Å². The molecule has 0 aliphatic rings. The number of aryl methyl sites for hydroxylation is 1. The smallest absolute Gasteiger partial charge is 0.257 e. The molecule has 17 heavy (non-hydrogen) atoms. The van der Waals surface area contributed by atoms with Gasteiger partial charge in [-0.3, -0.25) is 0 Å². The zero-order chi connectivity index (χ0) is 12.4. The number of aliphatic hydroxyl groups excluding tert-OH is 1. The van der Waals surface area contributed by atoms with Crippen molar-refractivity contribution in [1.82, 2.24) is 10.1 Å². The van der Waals surface area contributed by atoms with Crippen molar-refractivity contribution in [2.45, 2.75) is 13.0 Å². The molecule has 1 heterocycles. The lowest BCUT2D eigenvalue weighted by molar-refractivity contribution is 0.141. The number of hydrogen-bond acceptors (Lipinski definition) is 5. The predicted molar refractivity (Wildman–Crippen MR) is 66.2 cm³/mol. The molecule has 0 saturated carbocycles. The maximum Gasteiger partial charge on any atom is 0.257 e. The van der Waals surface area contributed by atoms with E-state index in [0.717, 1.165) is 15.6 Å². The molecule has 2 aromatic rings. The van der Waals surface area contributed by atoms with Crippen LogP contribution >= 0.6 is 15.9 Å². The molecule has 1 aromatic heterocycles. The number of aromatic nitrogens is 2. The van der Waals surface area contributed by atoms with Gasteiger partial charge in [0.15, 0.2) is 0 Å². The van der Waals surface area contributed by atoms with Crippen molar-refractivity contribution in [3.8, 4) is 11.4 Å². The van der Waals surface area contributed by atoms with E-state index in [4.69, 9.17) is 10.3 Å². The fourth-order valence-electron chi connectivity index (χ4n) is 1.38. The molecule has 2 rings (SSSR count). The first-order valence-corrected chi connectivity index (χ1v) is 5.89. The van der Waals surface area contributed by atoms with Crippen LogP contribution in [0.4, 0.5) is 0 Å². The maximum absolute atomic E-state index is 9.47. The number of benzene rings is 1. The standard InChI is InChI=1S/C11H12BrN3O2/c1-6-2-3-7(8(12)4-6)10-14-11(17-15-10)9(16)5-13/h2-4,9,16H,5,13H2,1H3. The summed E-state index contributed by atoms with van der Waals surface area (Å²) in [6.07, 6.45) is -0.916. The average Bonchev–Trinajstić information content (AvgIpc) is 2.77. The van der Waals surface area contributed by atoms with Gasteiger partial charge in [0.25, 0.3) is 5.89 Å². The highest BCUT2D eigenvalue weighted by atomic mass is 79.9. The molecule has 0 fully saturated rings. The lowest BCUT2D eigenvalue weighted by Gasteiger charge is -2.00. The Hall–Kier alpha value is -1.24. The Balaban J connectivity index is 2.37. The molecule has 6 heteroatoms. The minimum absolute atomic E-state index is 0.0523. The summed E-state index contributed by atoms with van der Waals surface area (Å²) in [6.45, 7) is 2.05. The fourth-order valence-corrected chi connectivity index (χ4v) is 2.05. The van der Waals surface area contributed by atoms with E-state index >= 15 is 0 Å². The molecule has 5 nitrogen and oxygen atoms in total. The van der Waals surface area contributed by atoms with Gasteiger partial charge in [-0.25, -0.2) is 0 Å². The average molecular weight is 298 g/mol. The molecule has 0 bridgehead atoms.